The number of para-hydroxylation sites is 1. The highest BCUT2D eigenvalue weighted by molar-refractivity contribution is 5.82. The summed E-state index contributed by atoms with van der Waals surface area (Å²) in [6.07, 6.45) is 2.99. The Balaban J connectivity index is 2.40. The van der Waals surface area contributed by atoms with Gasteiger partial charge in [-0.25, -0.2) is 0 Å². The van der Waals surface area contributed by atoms with Crippen LogP contribution in [-0.2, 0) is 0 Å². The fourth-order valence-corrected chi connectivity index (χ4v) is 1.84. The maximum Gasteiger partial charge on any atom is 0.122 e. The Morgan fingerprint density at radius 3 is 2.29 bits per heavy atom. The van der Waals surface area contributed by atoms with Gasteiger partial charge < -0.3 is 5.11 Å². The van der Waals surface area contributed by atoms with Crippen molar-refractivity contribution < 1.29 is 5.11 Å². The topological polar surface area (TPSA) is 20.2 Å². The third-order valence-electron chi connectivity index (χ3n) is 2.79. The zero-order valence-electron chi connectivity index (χ0n) is 9.93. The largest absolute Gasteiger partial charge is 0.507 e. The van der Waals surface area contributed by atoms with E-state index in [4.69, 9.17) is 0 Å². The Bertz CT molecular complexity index is 512. The highest BCUT2D eigenvalue weighted by atomic mass is 16.3. The number of aromatic hydroxyl groups is 1. The molecule has 17 heavy (non-hydrogen) atoms. The molecule has 0 amide bonds. The van der Waals surface area contributed by atoms with E-state index in [1.807, 2.05) is 42.5 Å². The molecule has 2 aromatic carbocycles. The van der Waals surface area contributed by atoms with E-state index in [9.17, 15) is 5.11 Å². The summed E-state index contributed by atoms with van der Waals surface area (Å²) in [7, 11) is 0. The van der Waals surface area contributed by atoms with Crippen molar-refractivity contribution in [1.82, 2.24) is 0 Å². The van der Waals surface area contributed by atoms with E-state index in [1.165, 1.54) is 11.1 Å². The van der Waals surface area contributed by atoms with Crippen molar-refractivity contribution in [3.63, 3.8) is 0 Å². The van der Waals surface area contributed by atoms with Gasteiger partial charge in [0.05, 0.1) is 0 Å². The Labute approximate surface area is 102 Å². The summed E-state index contributed by atoms with van der Waals surface area (Å²) in [6, 6.07) is 17.7. The second-order valence-corrected chi connectivity index (χ2v) is 3.95. The van der Waals surface area contributed by atoms with E-state index in [0.717, 1.165) is 12.0 Å². The molecular weight excluding hydrogens is 208 g/mol. The van der Waals surface area contributed by atoms with Crippen molar-refractivity contribution in [2.75, 3.05) is 0 Å². The number of phenols is 1. The highest BCUT2D eigenvalue weighted by Crippen LogP contribution is 2.25. The molecule has 1 heteroatoms. The van der Waals surface area contributed by atoms with Crippen molar-refractivity contribution in [3.05, 3.63) is 65.7 Å². The van der Waals surface area contributed by atoms with E-state index < -0.39 is 0 Å². The minimum atomic E-state index is 0.328. The molecule has 0 aliphatic rings. The first-order chi connectivity index (χ1) is 8.31. The predicted molar refractivity (Wildman–Crippen MR) is 72.7 cm³/mol. The fraction of sp³-hybridized carbons (Fsp3) is 0.125. The number of hydrogen-bond donors (Lipinski definition) is 1. The molecule has 0 heterocycles. The zero-order valence-corrected chi connectivity index (χ0v) is 9.93. The molecular formula is C16H16O. The van der Waals surface area contributed by atoms with Crippen LogP contribution in [0.4, 0.5) is 0 Å². The van der Waals surface area contributed by atoms with Gasteiger partial charge in [0.15, 0.2) is 0 Å². The molecule has 86 valence electrons. The Hall–Kier alpha value is -2.02. The highest BCUT2D eigenvalue weighted by Gasteiger charge is 2.01. The van der Waals surface area contributed by atoms with Gasteiger partial charge in [0.2, 0.25) is 0 Å². The van der Waals surface area contributed by atoms with Gasteiger partial charge in [-0.1, -0.05) is 55.5 Å². The van der Waals surface area contributed by atoms with Crippen LogP contribution in [0.3, 0.4) is 0 Å². The van der Waals surface area contributed by atoms with Gasteiger partial charge in [0.25, 0.3) is 0 Å². The van der Waals surface area contributed by atoms with Gasteiger partial charge >= 0.3 is 0 Å². The summed E-state index contributed by atoms with van der Waals surface area (Å²) in [5.41, 5.74) is 3.30. The molecule has 0 saturated carbocycles. The third-order valence-corrected chi connectivity index (χ3v) is 2.79. The first kappa shape index (κ1) is 11.5. The molecule has 0 aromatic heterocycles. The van der Waals surface area contributed by atoms with E-state index >= 15 is 0 Å². The van der Waals surface area contributed by atoms with Crippen LogP contribution in [0.5, 0.6) is 5.75 Å². The number of allylic oxidation sites excluding steroid dienone is 1. The molecule has 1 nitrogen and oxygen atoms in total. The number of rotatable bonds is 3. The molecule has 0 bridgehead atoms. The van der Waals surface area contributed by atoms with Crippen LogP contribution < -0.4 is 0 Å². The first-order valence-corrected chi connectivity index (χ1v) is 5.85. The van der Waals surface area contributed by atoms with Crippen LogP contribution >= 0.6 is 0 Å². The molecule has 2 rings (SSSR count). The minimum Gasteiger partial charge on any atom is -0.507 e. The maximum atomic E-state index is 9.76. The first-order valence-electron chi connectivity index (χ1n) is 5.85. The lowest BCUT2D eigenvalue weighted by atomic mass is 10.0. The minimum absolute atomic E-state index is 0.328. The summed E-state index contributed by atoms with van der Waals surface area (Å²) < 4.78 is 0. The van der Waals surface area contributed by atoms with Crippen LogP contribution in [0.15, 0.2) is 54.6 Å². The van der Waals surface area contributed by atoms with Gasteiger partial charge in [-0.15, -0.1) is 0 Å². The summed E-state index contributed by atoms with van der Waals surface area (Å²) in [4.78, 5) is 0. The summed E-state index contributed by atoms with van der Waals surface area (Å²) >= 11 is 0. The predicted octanol–water partition coefficient (Wildman–Crippen LogP) is 4.34. The van der Waals surface area contributed by atoms with Crippen LogP contribution in [0.2, 0.25) is 0 Å². The lowest BCUT2D eigenvalue weighted by Crippen LogP contribution is -1.83. The van der Waals surface area contributed by atoms with Crippen LogP contribution in [0, 0.1) is 0 Å². The van der Waals surface area contributed by atoms with Gasteiger partial charge in [-0.2, -0.15) is 0 Å². The summed E-state index contributed by atoms with van der Waals surface area (Å²) in [6.45, 7) is 2.12. The second kappa shape index (κ2) is 5.35. The monoisotopic (exact) mass is 224 g/mol. The van der Waals surface area contributed by atoms with E-state index in [1.54, 1.807) is 6.07 Å². The number of hydrogen-bond acceptors (Lipinski definition) is 1. The van der Waals surface area contributed by atoms with E-state index in [2.05, 4.69) is 19.1 Å². The quantitative estimate of drug-likeness (QED) is 0.769. The average molecular weight is 224 g/mol. The number of phenolic OH excluding ortho intramolecular Hbond substituents is 1. The lowest BCUT2D eigenvalue weighted by molar-refractivity contribution is 0.474. The van der Waals surface area contributed by atoms with Gasteiger partial charge in [-0.3, -0.25) is 0 Å². The van der Waals surface area contributed by atoms with E-state index in [0.29, 0.717) is 5.75 Å². The lowest BCUT2D eigenvalue weighted by Gasteiger charge is -2.06. The summed E-state index contributed by atoms with van der Waals surface area (Å²) in [5.74, 6) is 0.328. The second-order valence-electron chi connectivity index (χ2n) is 3.95. The molecule has 0 fully saturated rings. The fourth-order valence-electron chi connectivity index (χ4n) is 1.84. The smallest absolute Gasteiger partial charge is 0.122 e. The van der Waals surface area contributed by atoms with E-state index in [-0.39, 0.29) is 0 Å². The molecule has 0 unspecified atom stereocenters. The Morgan fingerprint density at radius 1 is 1.00 bits per heavy atom. The van der Waals surface area contributed by atoms with Crippen molar-refractivity contribution in [3.8, 4) is 5.75 Å². The Morgan fingerprint density at radius 2 is 1.65 bits per heavy atom. The summed E-state index contributed by atoms with van der Waals surface area (Å²) in [5, 5.41) is 9.76. The molecule has 1 N–H and O–H groups in total. The standard InChI is InChI=1S/C16H16O/c1-2-13(14-8-4-3-5-9-14)12-15-10-6-7-11-16(15)17/h3-12,17H,2H2,1H3/b13-12-. The van der Waals surface area contributed by atoms with Crippen LogP contribution in [-0.4, -0.2) is 5.11 Å². The molecule has 0 saturated heterocycles. The van der Waals surface area contributed by atoms with Gasteiger partial charge in [-0.05, 0) is 29.7 Å². The molecule has 0 atom stereocenters. The maximum absolute atomic E-state index is 9.76. The van der Waals surface area contributed by atoms with Gasteiger partial charge in [0, 0.05) is 5.56 Å². The van der Waals surface area contributed by atoms with Crippen molar-refractivity contribution in [2.45, 2.75) is 13.3 Å². The van der Waals surface area contributed by atoms with Crippen molar-refractivity contribution in [1.29, 1.82) is 0 Å². The zero-order chi connectivity index (χ0) is 12.1. The third kappa shape index (κ3) is 2.76. The van der Waals surface area contributed by atoms with Crippen molar-refractivity contribution >= 4 is 11.6 Å². The van der Waals surface area contributed by atoms with Crippen LogP contribution in [0.25, 0.3) is 11.6 Å². The SMILES string of the molecule is CC/C(=C/c1ccccc1O)c1ccccc1. The molecule has 0 aliphatic carbocycles. The van der Waals surface area contributed by atoms with Crippen LogP contribution in [0.1, 0.15) is 24.5 Å². The average Bonchev–Trinajstić information content (AvgIpc) is 2.39. The molecule has 2 aromatic rings. The van der Waals surface area contributed by atoms with Gasteiger partial charge in [0.1, 0.15) is 5.75 Å². The normalized spacial score (nSPS) is 11.5. The van der Waals surface area contributed by atoms with Crippen molar-refractivity contribution in [2.24, 2.45) is 0 Å². The molecule has 0 spiro atoms. The molecule has 0 radical (unpaired) electrons. The molecule has 0 aliphatic heterocycles. The Kier molecular flexibility index (Phi) is 3.61. The number of benzene rings is 2.